The van der Waals surface area contributed by atoms with Crippen LogP contribution in [0.15, 0.2) is 48.5 Å². The topological polar surface area (TPSA) is 92.6 Å². The van der Waals surface area contributed by atoms with Gasteiger partial charge in [-0.2, -0.15) is 0 Å². The summed E-state index contributed by atoms with van der Waals surface area (Å²) in [7, 11) is 0. The van der Waals surface area contributed by atoms with Crippen LogP contribution in [-0.2, 0) is 11.3 Å². The molecule has 0 aromatic heterocycles. The number of hydrogen-bond donors (Lipinski definition) is 1. The van der Waals surface area contributed by atoms with Gasteiger partial charge in [0.25, 0.3) is 11.6 Å². The number of nitro groups is 1. The van der Waals surface area contributed by atoms with E-state index < -0.39 is 10.8 Å². The van der Waals surface area contributed by atoms with Crippen molar-refractivity contribution in [3.05, 3.63) is 69.8 Å². The fourth-order valence-electron chi connectivity index (χ4n) is 2.44. The van der Waals surface area contributed by atoms with Gasteiger partial charge in [0.1, 0.15) is 5.56 Å². The summed E-state index contributed by atoms with van der Waals surface area (Å²) in [5.41, 5.74) is 1.12. The van der Waals surface area contributed by atoms with Gasteiger partial charge < -0.3 is 10.2 Å². The van der Waals surface area contributed by atoms with Crippen molar-refractivity contribution in [2.45, 2.75) is 20.4 Å². The van der Waals surface area contributed by atoms with E-state index in [2.05, 4.69) is 5.32 Å². The molecule has 2 amide bonds. The predicted octanol–water partition coefficient (Wildman–Crippen LogP) is 3.22. The first-order chi connectivity index (χ1) is 11.9. The van der Waals surface area contributed by atoms with E-state index in [1.54, 1.807) is 29.2 Å². The Hall–Kier alpha value is -3.22. The summed E-state index contributed by atoms with van der Waals surface area (Å²) in [5.74, 6) is -0.583. The maximum absolute atomic E-state index is 12.4. The van der Waals surface area contributed by atoms with Gasteiger partial charge >= 0.3 is 0 Å². The number of nitrogens with zero attached hydrogens (tertiary/aromatic N) is 2. The molecule has 25 heavy (non-hydrogen) atoms. The zero-order valence-electron chi connectivity index (χ0n) is 14.1. The van der Waals surface area contributed by atoms with Crippen molar-refractivity contribution < 1.29 is 14.5 Å². The van der Waals surface area contributed by atoms with Crippen LogP contribution >= 0.6 is 0 Å². The second kappa shape index (κ2) is 8.05. The zero-order valence-corrected chi connectivity index (χ0v) is 14.1. The molecule has 1 N–H and O–H groups in total. The molecular weight excluding hydrogens is 322 g/mol. The number of anilines is 1. The summed E-state index contributed by atoms with van der Waals surface area (Å²) in [5, 5.41) is 13.7. The van der Waals surface area contributed by atoms with Crippen LogP contribution in [0.25, 0.3) is 0 Å². The second-order valence-electron chi connectivity index (χ2n) is 5.46. The fraction of sp³-hybridized carbons (Fsp3) is 0.222. The van der Waals surface area contributed by atoms with Crippen LogP contribution in [0.2, 0.25) is 0 Å². The number of rotatable bonds is 6. The third kappa shape index (κ3) is 4.63. The highest BCUT2D eigenvalue weighted by atomic mass is 16.6. The van der Waals surface area contributed by atoms with Gasteiger partial charge in [-0.15, -0.1) is 0 Å². The highest BCUT2D eigenvalue weighted by Crippen LogP contribution is 2.20. The third-order valence-corrected chi connectivity index (χ3v) is 3.73. The Labute approximate surface area is 145 Å². The number of carbonyl (C=O) groups excluding carboxylic acids is 2. The van der Waals surface area contributed by atoms with Crippen LogP contribution in [-0.4, -0.2) is 28.2 Å². The number of amides is 2. The van der Waals surface area contributed by atoms with Crippen molar-refractivity contribution in [1.82, 2.24) is 4.90 Å². The highest BCUT2D eigenvalue weighted by molar-refractivity contribution is 6.07. The Balaban J connectivity index is 2.18. The lowest BCUT2D eigenvalue weighted by atomic mass is 10.1. The van der Waals surface area contributed by atoms with E-state index in [0.717, 1.165) is 5.56 Å². The molecule has 0 radical (unpaired) electrons. The number of para-hydroxylation sites is 1. The van der Waals surface area contributed by atoms with E-state index in [4.69, 9.17) is 0 Å². The minimum absolute atomic E-state index is 0.00294. The Morgan fingerprint density at radius 3 is 2.52 bits per heavy atom. The minimum atomic E-state index is -0.586. The second-order valence-corrected chi connectivity index (χ2v) is 5.46. The molecule has 130 valence electrons. The SMILES string of the molecule is CCN(Cc1cccc(NC(=O)c2ccccc2[N+](=O)[O-])c1)C(C)=O. The molecule has 0 aliphatic heterocycles. The van der Waals surface area contributed by atoms with Gasteiger partial charge in [-0.25, -0.2) is 0 Å². The van der Waals surface area contributed by atoms with Crippen molar-refractivity contribution in [2.75, 3.05) is 11.9 Å². The van der Waals surface area contributed by atoms with E-state index in [9.17, 15) is 19.7 Å². The van der Waals surface area contributed by atoms with Crippen molar-refractivity contribution in [3.63, 3.8) is 0 Å². The normalized spacial score (nSPS) is 10.2. The van der Waals surface area contributed by atoms with Crippen molar-refractivity contribution in [2.24, 2.45) is 0 Å². The van der Waals surface area contributed by atoms with Gasteiger partial charge in [-0.05, 0) is 30.7 Å². The Morgan fingerprint density at radius 1 is 1.16 bits per heavy atom. The average molecular weight is 341 g/mol. The molecular formula is C18H19N3O4. The number of nitro benzene ring substituents is 1. The third-order valence-electron chi connectivity index (χ3n) is 3.73. The van der Waals surface area contributed by atoms with E-state index >= 15 is 0 Å². The molecule has 0 saturated heterocycles. The summed E-state index contributed by atoms with van der Waals surface area (Å²) in [6, 6.07) is 12.8. The predicted molar refractivity (Wildman–Crippen MR) is 94.3 cm³/mol. The molecule has 2 aromatic rings. The number of nitrogens with one attached hydrogen (secondary N) is 1. The minimum Gasteiger partial charge on any atom is -0.339 e. The maximum Gasteiger partial charge on any atom is 0.282 e. The standard InChI is InChI=1S/C18H19N3O4/c1-3-20(13(2)22)12-14-7-6-8-15(11-14)19-18(23)16-9-4-5-10-17(16)21(24)25/h4-11H,3,12H2,1-2H3,(H,19,23). The van der Waals surface area contributed by atoms with E-state index in [1.807, 2.05) is 13.0 Å². The summed E-state index contributed by atoms with van der Waals surface area (Å²) >= 11 is 0. The molecule has 0 aliphatic carbocycles. The molecule has 0 aliphatic rings. The van der Waals surface area contributed by atoms with Gasteiger partial charge in [-0.3, -0.25) is 19.7 Å². The van der Waals surface area contributed by atoms with Crippen LogP contribution < -0.4 is 5.32 Å². The molecule has 2 aromatic carbocycles. The lowest BCUT2D eigenvalue weighted by Gasteiger charge is -2.19. The van der Waals surface area contributed by atoms with Gasteiger partial charge in [0.15, 0.2) is 0 Å². The monoisotopic (exact) mass is 341 g/mol. The number of carbonyl (C=O) groups is 2. The Kier molecular flexibility index (Phi) is 5.84. The van der Waals surface area contributed by atoms with E-state index in [1.165, 1.54) is 25.1 Å². The van der Waals surface area contributed by atoms with Crippen molar-refractivity contribution in [1.29, 1.82) is 0 Å². The molecule has 7 nitrogen and oxygen atoms in total. The zero-order chi connectivity index (χ0) is 18.4. The first-order valence-electron chi connectivity index (χ1n) is 7.81. The van der Waals surface area contributed by atoms with E-state index in [0.29, 0.717) is 18.8 Å². The van der Waals surface area contributed by atoms with Crippen molar-refractivity contribution in [3.8, 4) is 0 Å². The molecule has 2 rings (SSSR count). The molecule has 0 fully saturated rings. The lowest BCUT2D eigenvalue weighted by Crippen LogP contribution is -2.27. The fourth-order valence-corrected chi connectivity index (χ4v) is 2.44. The van der Waals surface area contributed by atoms with Gasteiger partial charge in [0.2, 0.25) is 5.91 Å². The first-order valence-corrected chi connectivity index (χ1v) is 7.81. The molecule has 0 unspecified atom stereocenters. The molecule has 0 saturated carbocycles. The Bertz CT molecular complexity index is 804. The van der Waals surface area contributed by atoms with Gasteiger partial charge in [-0.1, -0.05) is 24.3 Å². The molecule has 0 spiro atoms. The van der Waals surface area contributed by atoms with Gasteiger partial charge in [0.05, 0.1) is 4.92 Å². The summed E-state index contributed by atoms with van der Waals surface area (Å²) in [6.07, 6.45) is 0. The molecule has 7 heteroatoms. The number of benzene rings is 2. The molecule has 0 atom stereocenters. The van der Waals surface area contributed by atoms with Crippen LogP contribution in [0.1, 0.15) is 29.8 Å². The van der Waals surface area contributed by atoms with E-state index in [-0.39, 0.29) is 17.2 Å². The van der Waals surface area contributed by atoms with Crippen LogP contribution in [0.4, 0.5) is 11.4 Å². The van der Waals surface area contributed by atoms with Crippen LogP contribution in [0.3, 0.4) is 0 Å². The maximum atomic E-state index is 12.4. The average Bonchev–Trinajstić information content (AvgIpc) is 2.59. The smallest absolute Gasteiger partial charge is 0.282 e. The number of hydrogen-bond acceptors (Lipinski definition) is 4. The van der Waals surface area contributed by atoms with Gasteiger partial charge in [0, 0.05) is 31.8 Å². The highest BCUT2D eigenvalue weighted by Gasteiger charge is 2.19. The van der Waals surface area contributed by atoms with Crippen LogP contribution in [0.5, 0.6) is 0 Å². The van der Waals surface area contributed by atoms with Crippen molar-refractivity contribution >= 4 is 23.2 Å². The molecule has 0 bridgehead atoms. The first kappa shape index (κ1) is 18.1. The quantitative estimate of drug-likeness (QED) is 0.645. The molecule has 0 heterocycles. The summed E-state index contributed by atoms with van der Waals surface area (Å²) in [6.45, 7) is 4.41. The largest absolute Gasteiger partial charge is 0.339 e. The summed E-state index contributed by atoms with van der Waals surface area (Å²) < 4.78 is 0. The Morgan fingerprint density at radius 2 is 1.88 bits per heavy atom. The lowest BCUT2D eigenvalue weighted by molar-refractivity contribution is -0.385. The van der Waals surface area contributed by atoms with Crippen LogP contribution in [0, 0.1) is 10.1 Å². The summed E-state index contributed by atoms with van der Waals surface area (Å²) in [4.78, 5) is 36.0.